The second-order valence-corrected chi connectivity index (χ2v) is 6.54. The first-order chi connectivity index (χ1) is 9.92. The summed E-state index contributed by atoms with van der Waals surface area (Å²) in [7, 11) is -2.23. The first kappa shape index (κ1) is 15.5. The maximum absolute atomic E-state index is 12.2. The van der Waals surface area contributed by atoms with Crippen molar-refractivity contribution in [1.29, 1.82) is 0 Å². The van der Waals surface area contributed by atoms with Gasteiger partial charge in [-0.2, -0.15) is 5.10 Å². The average Bonchev–Trinajstić information content (AvgIpc) is 2.90. The van der Waals surface area contributed by atoms with Gasteiger partial charge in [-0.15, -0.1) is 0 Å². The number of aromatic nitrogens is 2. The summed E-state index contributed by atoms with van der Waals surface area (Å²) < 4.78 is 28.4. The van der Waals surface area contributed by atoms with Crippen molar-refractivity contribution >= 4 is 15.7 Å². The van der Waals surface area contributed by atoms with Gasteiger partial charge in [0.25, 0.3) is 0 Å². The second kappa shape index (κ2) is 5.87. The molecule has 2 aromatic rings. The summed E-state index contributed by atoms with van der Waals surface area (Å²) in [5, 5.41) is 4.49. The van der Waals surface area contributed by atoms with E-state index in [1.807, 2.05) is 19.9 Å². The molecule has 1 heterocycles. The smallest absolute Gasteiger partial charge is 0.242 e. The van der Waals surface area contributed by atoms with Crippen LogP contribution in [0.3, 0.4) is 0 Å². The van der Waals surface area contributed by atoms with E-state index in [1.165, 1.54) is 13.1 Å². The van der Waals surface area contributed by atoms with Gasteiger partial charge in [0.15, 0.2) is 0 Å². The first-order valence-corrected chi connectivity index (χ1v) is 8.32. The zero-order valence-electron chi connectivity index (χ0n) is 12.4. The highest BCUT2D eigenvalue weighted by Crippen LogP contribution is 2.24. The van der Waals surface area contributed by atoms with Crippen LogP contribution in [0.5, 0.6) is 0 Å². The van der Waals surface area contributed by atoms with E-state index in [-0.39, 0.29) is 4.90 Å². The Kier molecular flexibility index (Phi) is 4.34. The Balaban J connectivity index is 2.73. The lowest BCUT2D eigenvalue weighted by Gasteiger charge is -2.13. The molecule has 6 nitrogen and oxygen atoms in total. The summed E-state index contributed by atoms with van der Waals surface area (Å²) in [6.07, 6.45) is 1.56. The van der Waals surface area contributed by atoms with Gasteiger partial charge in [-0.05, 0) is 44.2 Å². The fourth-order valence-corrected chi connectivity index (χ4v) is 3.08. The van der Waals surface area contributed by atoms with Crippen LogP contribution in [0.25, 0.3) is 5.69 Å². The van der Waals surface area contributed by atoms with Gasteiger partial charge in [0, 0.05) is 11.4 Å². The number of nitrogens with one attached hydrogen (secondary N) is 1. The Bertz CT molecular complexity index is 750. The minimum Gasteiger partial charge on any atom is -0.399 e. The van der Waals surface area contributed by atoms with Crippen molar-refractivity contribution in [1.82, 2.24) is 14.5 Å². The molecule has 0 aliphatic rings. The summed E-state index contributed by atoms with van der Waals surface area (Å²) in [6.45, 7) is 4.02. The third-order valence-corrected chi connectivity index (χ3v) is 4.77. The fourth-order valence-electron chi connectivity index (χ4n) is 2.14. The number of rotatable bonds is 5. The molecule has 3 N–H and O–H groups in total. The number of anilines is 1. The molecule has 1 aromatic heterocycles. The molecule has 2 rings (SSSR count). The molecule has 0 radical (unpaired) electrons. The van der Waals surface area contributed by atoms with Crippen molar-refractivity contribution in [3.63, 3.8) is 0 Å². The second-order valence-electron chi connectivity index (χ2n) is 4.68. The SMILES string of the molecule is CCc1cc(CC)n(-c2ccc(N)cc2S(=O)(=O)NC)n1. The minimum absolute atomic E-state index is 0.130. The molecule has 1 aromatic carbocycles. The highest BCUT2D eigenvalue weighted by atomic mass is 32.2. The van der Waals surface area contributed by atoms with Gasteiger partial charge in [-0.25, -0.2) is 17.8 Å². The highest BCUT2D eigenvalue weighted by molar-refractivity contribution is 7.89. The molecule has 0 amide bonds. The van der Waals surface area contributed by atoms with Crippen LogP contribution < -0.4 is 10.5 Å². The minimum atomic E-state index is -3.61. The molecule has 0 unspecified atom stereocenters. The number of nitrogen functional groups attached to an aromatic ring is 1. The van der Waals surface area contributed by atoms with Gasteiger partial charge in [0.1, 0.15) is 4.90 Å². The van der Waals surface area contributed by atoms with Crippen molar-refractivity contribution in [3.05, 3.63) is 35.7 Å². The van der Waals surface area contributed by atoms with E-state index in [9.17, 15) is 8.42 Å². The fraction of sp³-hybridized carbons (Fsp3) is 0.357. The van der Waals surface area contributed by atoms with Gasteiger partial charge in [-0.1, -0.05) is 13.8 Å². The lowest BCUT2D eigenvalue weighted by molar-refractivity contribution is 0.587. The van der Waals surface area contributed by atoms with E-state index >= 15 is 0 Å². The molecule has 0 aliphatic heterocycles. The predicted octanol–water partition coefficient (Wildman–Crippen LogP) is 1.49. The van der Waals surface area contributed by atoms with Crippen LogP contribution >= 0.6 is 0 Å². The van der Waals surface area contributed by atoms with Crippen LogP contribution in [0.2, 0.25) is 0 Å². The maximum atomic E-state index is 12.2. The topological polar surface area (TPSA) is 90.0 Å². The Labute approximate surface area is 125 Å². The number of hydrogen-bond donors (Lipinski definition) is 2. The molecular formula is C14H20N4O2S. The van der Waals surface area contributed by atoms with Gasteiger partial charge in [0.2, 0.25) is 10.0 Å². The van der Waals surface area contributed by atoms with Gasteiger partial charge < -0.3 is 5.73 Å². The predicted molar refractivity (Wildman–Crippen MR) is 83.0 cm³/mol. The Hall–Kier alpha value is -1.86. The van der Waals surface area contributed by atoms with E-state index in [1.54, 1.807) is 16.8 Å². The molecule has 0 saturated heterocycles. The molecule has 114 valence electrons. The molecule has 0 bridgehead atoms. The van der Waals surface area contributed by atoms with Crippen molar-refractivity contribution < 1.29 is 8.42 Å². The molecule has 0 spiro atoms. The third-order valence-electron chi connectivity index (χ3n) is 3.33. The first-order valence-electron chi connectivity index (χ1n) is 6.84. The molecule has 0 fully saturated rings. The van der Waals surface area contributed by atoms with Crippen LogP contribution in [0, 0.1) is 0 Å². The van der Waals surface area contributed by atoms with Crippen molar-refractivity contribution in [3.8, 4) is 5.69 Å². The lowest BCUT2D eigenvalue weighted by Crippen LogP contribution is -2.21. The number of aryl methyl sites for hydroxylation is 2. The van der Waals surface area contributed by atoms with Crippen LogP contribution in [0.4, 0.5) is 5.69 Å². The summed E-state index contributed by atoms with van der Waals surface area (Å²) in [5.41, 5.74) is 8.53. The van der Waals surface area contributed by atoms with E-state index in [2.05, 4.69) is 9.82 Å². The van der Waals surface area contributed by atoms with Crippen LogP contribution in [-0.2, 0) is 22.9 Å². The molecule has 0 atom stereocenters. The van der Waals surface area contributed by atoms with Crippen molar-refractivity contribution in [2.75, 3.05) is 12.8 Å². The Morgan fingerprint density at radius 1 is 1.24 bits per heavy atom. The average molecular weight is 308 g/mol. The standard InChI is InChI=1S/C14H20N4O2S/c1-4-11-9-12(5-2)18(17-11)13-7-6-10(15)8-14(13)21(19,20)16-3/h6-9,16H,4-5,15H2,1-3H3. The Morgan fingerprint density at radius 3 is 2.52 bits per heavy atom. The normalized spacial score (nSPS) is 11.8. The monoisotopic (exact) mass is 308 g/mol. The van der Waals surface area contributed by atoms with E-state index in [0.29, 0.717) is 11.4 Å². The molecule has 0 aliphatic carbocycles. The highest BCUT2D eigenvalue weighted by Gasteiger charge is 2.20. The van der Waals surface area contributed by atoms with E-state index < -0.39 is 10.0 Å². The van der Waals surface area contributed by atoms with Crippen molar-refractivity contribution in [2.45, 2.75) is 31.6 Å². The van der Waals surface area contributed by atoms with Gasteiger partial charge >= 0.3 is 0 Å². The largest absolute Gasteiger partial charge is 0.399 e. The van der Waals surface area contributed by atoms with Crippen LogP contribution in [0.15, 0.2) is 29.2 Å². The summed E-state index contributed by atoms with van der Waals surface area (Å²) in [6, 6.07) is 6.81. The zero-order chi connectivity index (χ0) is 15.6. The zero-order valence-corrected chi connectivity index (χ0v) is 13.2. The van der Waals surface area contributed by atoms with Crippen molar-refractivity contribution in [2.24, 2.45) is 0 Å². The summed E-state index contributed by atoms with van der Waals surface area (Å²) in [5.74, 6) is 0. The Morgan fingerprint density at radius 2 is 1.95 bits per heavy atom. The van der Waals surface area contributed by atoms with Crippen LogP contribution in [0.1, 0.15) is 25.2 Å². The maximum Gasteiger partial charge on any atom is 0.242 e. The van der Waals surface area contributed by atoms with Crippen LogP contribution in [-0.4, -0.2) is 25.2 Å². The molecule has 7 heteroatoms. The number of nitrogens with two attached hydrogens (primary N) is 1. The van der Waals surface area contributed by atoms with Gasteiger partial charge in [0.05, 0.1) is 11.4 Å². The number of nitrogens with zero attached hydrogens (tertiary/aromatic N) is 2. The number of benzene rings is 1. The van der Waals surface area contributed by atoms with E-state index in [4.69, 9.17) is 5.73 Å². The van der Waals surface area contributed by atoms with E-state index in [0.717, 1.165) is 24.2 Å². The third kappa shape index (κ3) is 2.93. The molecule has 0 saturated carbocycles. The lowest BCUT2D eigenvalue weighted by atomic mass is 10.2. The summed E-state index contributed by atoms with van der Waals surface area (Å²) >= 11 is 0. The van der Waals surface area contributed by atoms with Gasteiger partial charge in [-0.3, -0.25) is 0 Å². The quantitative estimate of drug-likeness (QED) is 0.819. The number of sulfonamides is 1. The summed E-state index contributed by atoms with van der Waals surface area (Å²) in [4.78, 5) is 0.130. The molecule has 21 heavy (non-hydrogen) atoms. The number of hydrogen-bond acceptors (Lipinski definition) is 4. The molecular weight excluding hydrogens is 288 g/mol.